The Morgan fingerprint density at radius 1 is 1.22 bits per heavy atom. The summed E-state index contributed by atoms with van der Waals surface area (Å²) in [5.41, 5.74) is 0. The minimum atomic E-state index is 0.549. The smallest absolute Gasteiger partial charge is 0.234 e. The van der Waals surface area contributed by atoms with Crippen molar-refractivity contribution in [3.63, 3.8) is 0 Å². The zero-order valence-electron chi connectivity index (χ0n) is 13.8. The molecule has 2 aliphatic rings. The van der Waals surface area contributed by atoms with Gasteiger partial charge in [-0.2, -0.15) is 9.61 Å². The summed E-state index contributed by atoms with van der Waals surface area (Å²) in [6.45, 7) is 6.37. The van der Waals surface area contributed by atoms with Crippen LogP contribution in [0.2, 0.25) is 0 Å². The van der Waals surface area contributed by atoms with Crippen molar-refractivity contribution in [3.8, 4) is 0 Å². The van der Waals surface area contributed by atoms with Crippen molar-refractivity contribution in [1.29, 1.82) is 0 Å². The Morgan fingerprint density at radius 3 is 2.91 bits per heavy atom. The van der Waals surface area contributed by atoms with Gasteiger partial charge in [-0.15, -0.1) is 10.2 Å². The van der Waals surface area contributed by atoms with E-state index in [0.717, 1.165) is 43.4 Å². The lowest BCUT2D eigenvalue weighted by Crippen LogP contribution is -2.44. The zero-order chi connectivity index (χ0) is 15.6. The quantitative estimate of drug-likeness (QED) is 0.859. The molecule has 1 atom stereocenters. The summed E-state index contributed by atoms with van der Waals surface area (Å²) >= 11 is 1.73. The molecular weight excluding hydrogens is 310 g/mol. The molecule has 0 N–H and O–H groups in total. The summed E-state index contributed by atoms with van der Waals surface area (Å²) in [4.78, 5) is 3.62. The number of nitrogens with zero attached hydrogens (tertiary/aromatic N) is 5. The predicted octanol–water partition coefficient (Wildman–Crippen LogP) is 2.50. The number of aromatic nitrogens is 4. The molecule has 6 nitrogen and oxygen atoms in total. The average Bonchev–Trinajstić information content (AvgIpc) is 3.18. The average molecular weight is 335 g/mol. The maximum Gasteiger partial charge on any atom is 0.234 e. The highest BCUT2D eigenvalue weighted by molar-refractivity contribution is 7.16. The van der Waals surface area contributed by atoms with Gasteiger partial charge in [-0.05, 0) is 38.6 Å². The summed E-state index contributed by atoms with van der Waals surface area (Å²) < 4.78 is 7.48. The highest BCUT2D eigenvalue weighted by Crippen LogP contribution is 2.32. The van der Waals surface area contributed by atoms with Gasteiger partial charge in [-0.25, -0.2) is 0 Å². The highest BCUT2D eigenvalue weighted by Gasteiger charge is 2.30. The SMILES string of the molecule is CCCc1nnc2sc([C@@H]3CCCN(C4CCOCC4)C3)nn12. The van der Waals surface area contributed by atoms with Crippen LogP contribution in [0.5, 0.6) is 0 Å². The van der Waals surface area contributed by atoms with Gasteiger partial charge < -0.3 is 4.74 Å². The Labute approximate surface area is 140 Å². The number of hydrogen-bond acceptors (Lipinski definition) is 6. The van der Waals surface area contributed by atoms with Crippen molar-refractivity contribution in [2.75, 3.05) is 26.3 Å². The molecule has 0 unspecified atom stereocenters. The Morgan fingerprint density at radius 2 is 2.09 bits per heavy atom. The van der Waals surface area contributed by atoms with E-state index in [1.807, 2.05) is 4.52 Å². The van der Waals surface area contributed by atoms with Crippen LogP contribution >= 0.6 is 11.3 Å². The molecule has 126 valence electrons. The van der Waals surface area contributed by atoms with Crippen LogP contribution in [0.4, 0.5) is 0 Å². The molecule has 0 aromatic carbocycles. The second-order valence-corrected chi connectivity index (χ2v) is 7.67. The molecule has 2 saturated heterocycles. The molecule has 2 aromatic rings. The minimum Gasteiger partial charge on any atom is -0.381 e. The van der Waals surface area contributed by atoms with Crippen molar-refractivity contribution in [3.05, 3.63) is 10.8 Å². The van der Waals surface area contributed by atoms with Gasteiger partial charge in [0.1, 0.15) is 5.01 Å². The van der Waals surface area contributed by atoms with Crippen LogP contribution in [-0.4, -0.2) is 57.1 Å². The molecule has 4 rings (SSSR count). The van der Waals surface area contributed by atoms with E-state index >= 15 is 0 Å². The highest BCUT2D eigenvalue weighted by atomic mass is 32.1. The first-order valence-electron chi connectivity index (χ1n) is 8.88. The lowest BCUT2D eigenvalue weighted by atomic mass is 9.95. The summed E-state index contributed by atoms with van der Waals surface area (Å²) in [5, 5.41) is 14.6. The van der Waals surface area contributed by atoms with Crippen molar-refractivity contribution < 1.29 is 4.74 Å². The van der Waals surface area contributed by atoms with E-state index < -0.39 is 0 Å². The summed E-state index contributed by atoms with van der Waals surface area (Å²) in [6, 6.07) is 0.702. The van der Waals surface area contributed by atoms with Crippen LogP contribution < -0.4 is 0 Å². The number of likely N-dealkylation sites (tertiary alicyclic amines) is 1. The number of ether oxygens (including phenoxy) is 1. The molecule has 0 bridgehead atoms. The lowest BCUT2D eigenvalue weighted by molar-refractivity contribution is 0.0239. The van der Waals surface area contributed by atoms with Crippen LogP contribution in [0.25, 0.3) is 4.96 Å². The Balaban J connectivity index is 1.50. The Hall–Kier alpha value is -1.05. The summed E-state index contributed by atoms with van der Waals surface area (Å²) in [5.74, 6) is 1.55. The number of fused-ring (bicyclic) bond motifs is 1. The van der Waals surface area contributed by atoms with Crippen molar-refractivity contribution >= 4 is 16.3 Å². The van der Waals surface area contributed by atoms with E-state index in [-0.39, 0.29) is 0 Å². The Kier molecular flexibility index (Phi) is 4.59. The van der Waals surface area contributed by atoms with Crippen LogP contribution in [0.1, 0.15) is 55.8 Å². The molecule has 0 amide bonds. The molecule has 0 radical (unpaired) electrons. The zero-order valence-corrected chi connectivity index (χ0v) is 14.6. The Bertz CT molecular complexity index is 648. The van der Waals surface area contributed by atoms with E-state index in [2.05, 4.69) is 22.0 Å². The van der Waals surface area contributed by atoms with Gasteiger partial charge in [0, 0.05) is 38.1 Å². The third-order valence-corrected chi connectivity index (χ3v) is 6.12. The first-order chi connectivity index (χ1) is 11.3. The third-order valence-electron chi connectivity index (χ3n) is 5.05. The molecule has 7 heteroatoms. The van der Waals surface area contributed by atoms with E-state index in [1.54, 1.807) is 11.3 Å². The number of piperidine rings is 1. The van der Waals surface area contributed by atoms with Gasteiger partial charge in [0.05, 0.1) is 0 Å². The fourth-order valence-corrected chi connectivity index (χ4v) is 4.79. The number of aryl methyl sites for hydroxylation is 1. The monoisotopic (exact) mass is 335 g/mol. The van der Waals surface area contributed by atoms with Crippen molar-refractivity contribution in [1.82, 2.24) is 24.7 Å². The van der Waals surface area contributed by atoms with Gasteiger partial charge in [0.25, 0.3) is 0 Å². The maximum atomic E-state index is 5.51. The normalized spacial score (nSPS) is 24.5. The lowest BCUT2D eigenvalue weighted by Gasteiger charge is -2.39. The fourth-order valence-electron chi connectivity index (χ4n) is 3.81. The minimum absolute atomic E-state index is 0.549. The van der Waals surface area contributed by atoms with Gasteiger partial charge in [0.2, 0.25) is 4.96 Å². The van der Waals surface area contributed by atoms with E-state index in [1.165, 1.54) is 37.2 Å². The second kappa shape index (κ2) is 6.83. The molecular formula is C16H25N5OS. The van der Waals surface area contributed by atoms with Crippen molar-refractivity contribution in [2.45, 2.75) is 57.4 Å². The van der Waals surface area contributed by atoms with Crippen LogP contribution in [0, 0.1) is 0 Å². The van der Waals surface area contributed by atoms with Gasteiger partial charge in [0.15, 0.2) is 5.82 Å². The maximum absolute atomic E-state index is 5.51. The molecule has 0 aliphatic carbocycles. The molecule has 0 spiro atoms. The van der Waals surface area contributed by atoms with Gasteiger partial charge >= 0.3 is 0 Å². The molecule has 0 saturated carbocycles. The van der Waals surface area contributed by atoms with Crippen LogP contribution in [-0.2, 0) is 11.2 Å². The predicted molar refractivity (Wildman–Crippen MR) is 90.0 cm³/mol. The first kappa shape index (κ1) is 15.5. The van der Waals surface area contributed by atoms with E-state index in [9.17, 15) is 0 Å². The fraction of sp³-hybridized carbons (Fsp3) is 0.812. The van der Waals surface area contributed by atoms with Crippen LogP contribution in [0.3, 0.4) is 0 Å². The first-order valence-corrected chi connectivity index (χ1v) is 9.69. The standard InChI is InChI=1S/C16H25N5OS/c1-2-4-14-17-18-16-21(14)19-15(23-16)12-5-3-8-20(11-12)13-6-9-22-10-7-13/h12-13H,2-11H2,1H3/t12-/m1/s1. The van der Waals surface area contributed by atoms with Gasteiger partial charge in [-0.1, -0.05) is 18.3 Å². The molecule has 2 fully saturated rings. The second-order valence-electron chi connectivity index (χ2n) is 6.68. The molecule has 23 heavy (non-hydrogen) atoms. The topological polar surface area (TPSA) is 55.5 Å². The summed E-state index contributed by atoms with van der Waals surface area (Å²) in [6.07, 6.45) is 6.89. The summed E-state index contributed by atoms with van der Waals surface area (Å²) in [7, 11) is 0. The van der Waals surface area contributed by atoms with Crippen molar-refractivity contribution in [2.24, 2.45) is 0 Å². The van der Waals surface area contributed by atoms with E-state index in [0.29, 0.717) is 12.0 Å². The molecule has 4 heterocycles. The molecule has 2 aromatic heterocycles. The largest absolute Gasteiger partial charge is 0.381 e. The van der Waals surface area contributed by atoms with E-state index in [4.69, 9.17) is 9.84 Å². The number of hydrogen-bond donors (Lipinski definition) is 0. The molecule has 2 aliphatic heterocycles. The van der Waals surface area contributed by atoms with Gasteiger partial charge in [-0.3, -0.25) is 4.90 Å². The number of rotatable bonds is 4. The van der Waals surface area contributed by atoms with Crippen LogP contribution in [0.15, 0.2) is 0 Å². The third kappa shape index (κ3) is 3.14.